The van der Waals surface area contributed by atoms with E-state index >= 15 is 0 Å². The lowest BCUT2D eigenvalue weighted by Gasteiger charge is -2.13. The van der Waals surface area contributed by atoms with Crippen molar-refractivity contribution in [2.75, 3.05) is 11.1 Å². The molecule has 0 saturated heterocycles. The van der Waals surface area contributed by atoms with Crippen LogP contribution in [-0.4, -0.2) is 5.91 Å². The van der Waals surface area contributed by atoms with Crippen LogP contribution in [0.25, 0.3) is 0 Å². The second-order valence-corrected chi connectivity index (χ2v) is 4.65. The fourth-order valence-corrected chi connectivity index (χ4v) is 2.33. The van der Waals surface area contributed by atoms with Crippen LogP contribution in [0, 0.1) is 5.82 Å². The molecule has 6 nitrogen and oxygen atoms in total. The second-order valence-electron chi connectivity index (χ2n) is 4.65. The molecule has 1 amide bonds. The number of carbonyl (C=O) groups excluding carboxylic acids is 1. The number of carbonyl (C=O) groups is 1. The molecule has 3 rings (SSSR count). The van der Waals surface area contributed by atoms with E-state index in [1.54, 1.807) is 6.92 Å². The molecule has 7 heteroatoms. The molecule has 4 N–H and O–H groups in total. The molecule has 0 aliphatic carbocycles. The minimum atomic E-state index is -0.814. The number of nitrogens with two attached hydrogens (primary N) is 1. The third kappa shape index (κ3) is 1.46. The van der Waals surface area contributed by atoms with E-state index in [0.717, 1.165) is 0 Å². The van der Waals surface area contributed by atoms with E-state index < -0.39 is 22.6 Å². The van der Waals surface area contributed by atoms with Gasteiger partial charge >= 0.3 is 0 Å². The van der Waals surface area contributed by atoms with Crippen LogP contribution in [0.1, 0.15) is 28.9 Å². The van der Waals surface area contributed by atoms with Gasteiger partial charge in [0.15, 0.2) is 0 Å². The van der Waals surface area contributed by atoms with E-state index in [-0.39, 0.29) is 28.7 Å². The van der Waals surface area contributed by atoms with Gasteiger partial charge in [-0.3, -0.25) is 14.4 Å². The molecule has 1 aliphatic heterocycles. The molecular weight excluding hydrogens is 265 g/mol. The fraction of sp³-hybridized carbons (Fsp3) is 0.154. The number of nitrogens with one attached hydrogen (secondary N) is 2. The summed E-state index contributed by atoms with van der Waals surface area (Å²) in [6, 6.07) is 2.45. The van der Waals surface area contributed by atoms with Gasteiger partial charge in [-0.15, -0.1) is 0 Å². The van der Waals surface area contributed by atoms with Crippen LogP contribution in [-0.2, 0) is 0 Å². The second kappa shape index (κ2) is 3.89. The molecule has 2 aromatic carbocycles. The number of benzene rings is 1. The largest absolute Gasteiger partial charge is 0.394 e. The average molecular weight is 275 g/mol. The van der Waals surface area contributed by atoms with Gasteiger partial charge in [-0.25, -0.2) is 4.39 Å². The molecule has 102 valence electrons. The zero-order valence-electron chi connectivity index (χ0n) is 10.4. The van der Waals surface area contributed by atoms with Gasteiger partial charge in [-0.1, -0.05) is 6.07 Å². The number of amides is 1. The molecular formula is C13H10FN3O3. The normalized spacial score (nSPS) is 17.1. The maximum Gasteiger partial charge on any atom is 0.254 e. The Balaban J connectivity index is 2.14. The van der Waals surface area contributed by atoms with Crippen LogP contribution in [0.2, 0.25) is 0 Å². The molecule has 1 heterocycles. The van der Waals surface area contributed by atoms with E-state index in [4.69, 9.17) is 5.73 Å². The zero-order valence-corrected chi connectivity index (χ0v) is 10.4. The van der Waals surface area contributed by atoms with Crippen LogP contribution in [0.5, 0.6) is 0 Å². The summed E-state index contributed by atoms with van der Waals surface area (Å²) in [6.45, 7) is 1.76. The predicted molar refractivity (Wildman–Crippen MR) is 71.3 cm³/mol. The maximum atomic E-state index is 13.9. The Hall–Kier alpha value is -2.70. The maximum absolute atomic E-state index is 13.9. The SMILES string of the molecule is CC1NC(=O)c2c1ccc(F)c2Nc1c(N)c(=O)c1=O. The summed E-state index contributed by atoms with van der Waals surface area (Å²) in [5.74, 6) is -1.13. The van der Waals surface area contributed by atoms with Crippen molar-refractivity contribution in [2.24, 2.45) is 0 Å². The fourth-order valence-electron chi connectivity index (χ4n) is 2.33. The van der Waals surface area contributed by atoms with Gasteiger partial charge in [0, 0.05) is 0 Å². The summed E-state index contributed by atoms with van der Waals surface area (Å²) >= 11 is 0. The van der Waals surface area contributed by atoms with Crippen molar-refractivity contribution in [2.45, 2.75) is 13.0 Å². The van der Waals surface area contributed by atoms with Crippen LogP contribution in [0.15, 0.2) is 21.7 Å². The summed E-state index contributed by atoms with van der Waals surface area (Å²) in [4.78, 5) is 34.3. The number of hydrogen-bond donors (Lipinski definition) is 3. The Morgan fingerprint density at radius 2 is 1.90 bits per heavy atom. The van der Waals surface area contributed by atoms with Crippen molar-refractivity contribution in [3.8, 4) is 0 Å². The monoisotopic (exact) mass is 275 g/mol. The van der Waals surface area contributed by atoms with Gasteiger partial charge in [-0.2, -0.15) is 0 Å². The van der Waals surface area contributed by atoms with E-state index in [0.29, 0.717) is 5.56 Å². The molecule has 0 bridgehead atoms. The molecule has 1 atom stereocenters. The van der Waals surface area contributed by atoms with Gasteiger partial charge in [0.25, 0.3) is 16.8 Å². The topological polar surface area (TPSA) is 101 Å². The summed E-state index contributed by atoms with van der Waals surface area (Å²) in [6.07, 6.45) is 0. The number of hydrogen-bond acceptors (Lipinski definition) is 5. The van der Waals surface area contributed by atoms with Crippen molar-refractivity contribution >= 4 is 23.0 Å². The average Bonchev–Trinajstić information content (AvgIpc) is 2.71. The van der Waals surface area contributed by atoms with Crippen molar-refractivity contribution in [3.63, 3.8) is 0 Å². The van der Waals surface area contributed by atoms with E-state index in [2.05, 4.69) is 10.6 Å². The summed E-state index contributed by atoms with van der Waals surface area (Å²) in [5, 5.41) is 5.12. The first-order valence-electron chi connectivity index (χ1n) is 5.91. The molecule has 0 radical (unpaired) electrons. The smallest absolute Gasteiger partial charge is 0.254 e. The molecule has 2 aromatic rings. The molecule has 0 spiro atoms. The molecule has 0 fully saturated rings. The van der Waals surface area contributed by atoms with E-state index in [1.165, 1.54) is 12.1 Å². The van der Waals surface area contributed by atoms with Crippen LogP contribution in [0.3, 0.4) is 0 Å². The Labute approximate surface area is 112 Å². The number of halogens is 1. The summed E-state index contributed by atoms with van der Waals surface area (Å²) < 4.78 is 13.9. The lowest BCUT2D eigenvalue weighted by atomic mass is 10.0. The van der Waals surface area contributed by atoms with Gasteiger partial charge in [-0.05, 0) is 18.6 Å². The molecule has 1 aliphatic rings. The van der Waals surface area contributed by atoms with Crippen molar-refractivity contribution in [1.82, 2.24) is 5.32 Å². The highest BCUT2D eigenvalue weighted by Crippen LogP contribution is 2.34. The lowest BCUT2D eigenvalue weighted by Crippen LogP contribution is -2.36. The highest BCUT2D eigenvalue weighted by Gasteiger charge is 2.31. The standard InChI is InChI=1S/C13H10FN3O3/c1-4-5-2-3-6(14)9(7(5)13(20)16-4)17-10-8(15)11(18)12(10)19/h2-4,17H,15H2,1H3,(H,16,20). The molecule has 0 saturated carbocycles. The van der Waals surface area contributed by atoms with Gasteiger partial charge < -0.3 is 16.4 Å². The summed E-state index contributed by atoms with van der Waals surface area (Å²) in [7, 11) is 0. The number of anilines is 3. The van der Waals surface area contributed by atoms with Crippen LogP contribution >= 0.6 is 0 Å². The molecule has 0 aromatic heterocycles. The molecule has 1 unspecified atom stereocenters. The lowest BCUT2D eigenvalue weighted by molar-refractivity contribution is 0.0959. The Morgan fingerprint density at radius 1 is 1.20 bits per heavy atom. The van der Waals surface area contributed by atoms with Gasteiger partial charge in [0.1, 0.15) is 17.2 Å². The highest BCUT2D eigenvalue weighted by atomic mass is 19.1. The first-order valence-corrected chi connectivity index (χ1v) is 5.91. The van der Waals surface area contributed by atoms with E-state index in [9.17, 15) is 18.8 Å². The number of rotatable bonds is 2. The van der Waals surface area contributed by atoms with Crippen molar-refractivity contribution < 1.29 is 9.18 Å². The first-order chi connectivity index (χ1) is 9.41. The minimum absolute atomic E-state index is 0.130. The van der Waals surface area contributed by atoms with Gasteiger partial charge in [0.05, 0.1) is 17.3 Å². The Kier molecular flexibility index (Phi) is 2.40. The predicted octanol–water partition coefficient (Wildman–Crippen LogP) is 0.552. The zero-order chi connectivity index (χ0) is 14.6. The third-order valence-corrected chi connectivity index (χ3v) is 3.43. The van der Waals surface area contributed by atoms with Crippen molar-refractivity contribution in [1.29, 1.82) is 0 Å². The van der Waals surface area contributed by atoms with E-state index in [1.807, 2.05) is 0 Å². The molecule has 20 heavy (non-hydrogen) atoms. The first kappa shape index (κ1) is 12.3. The Morgan fingerprint density at radius 3 is 2.55 bits per heavy atom. The number of fused-ring (bicyclic) bond motifs is 1. The van der Waals surface area contributed by atoms with Crippen LogP contribution in [0.4, 0.5) is 21.5 Å². The number of nitrogen functional groups attached to an aromatic ring is 1. The quantitative estimate of drug-likeness (QED) is 0.695. The minimum Gasteiger partial charge on any atom is -0.394 e. The highest BCUT2D eigenvalue weighted by molar-refractivity contribution is 6.05. The van der Waals surface area contributed by atoms with Gasteiger partial charge in [0.2, 0.25) is 0 Å². The van der Waals surface area contributed by atoms with Crippen LogP contribution < -0.4 is 27.2 Å². The Bertz CT molecular complexity index is 821. The summed E-state index contributed by atoms with van der Waals surface area (Å²) in [5.41, 5.74) is 3.96. The van der Waals surface area contributed by atoms with Crippen molar-refractivity contribution in [3.05, 3.63) is 49.5 Å². The third-order valence-electron chi connectivity index (χ3n) is 3.43.